The number of ether oxygens (including phenoxy) is 4. The minimum atomic E-state index is -4.39. The molecule has 0 aliphatic carbocycles. The number of allylic oxidation sites excluding steroid dienone is 7. The number of carboxylic acids is 2. The van der Waals surface area contributed by atoms with Crippen LogP contribution in [-0.2, 0) is 73.5 Å². The molecule has 0 bridgehead atoms. The Labute approximate surface area is 725 Å². The number of non-ortho nitro benzene ring substituents is 2. The minimum absolute atomic E-state index is 0.0369. The molecule has 8 aromatic rings. The van der Waals surface area contributed by atoms with Crippen molar-refractivity contribution in [3.05, 3.63) is 301 Å². The van der Waals surface area contributed by atoms with Crippen LogP contribution < -0.4 is 10.2 Å². The van der Waals surface area contributed by atoms with Gasteiger partial charge in [-0.3, -0.25) is 39.4 Å². The number of aliphatic carboxylic acids is 2. The molecule has 0 saturated heterocycles. The van der Waals surface area contributed by atoms with E-state index in [0.717, 1.165) is 96.0 Å². The van der Waals surface area contributed by atoms with Crippen LogP contribution in [0.25, 0.3) is 0 Å². The van der Waals surface area contributed by atoms with E-state index >= 15 is 0 Å². The Morgan fingerprint density at radius 2 is 0.951 bits per heavy atom. The van der Waals surface area contributed by atoms with Crippen molar-refractivity contribution in [3.63, 3.8) is 0 Å². The summed E-state index contributed by atoms with van der Waals surface area (Å²) in [6, 6.07) is 57.1. The number of nitro groups is 2. The zero-order chi connectivity index (χ0) is 89.1. The lowest BCUT2D eigenvalue weighted by molar-refractivity contribution is -0.443. The maximum Gasteiger partial charge on any atom is 0.303 e. The lowest BCUT2D eigenvalue weighted by Crippen LogP contribution is -2.29. The lowest BCUT2D eigenvalue weighted by Gasteiger charge is -2.27. The molecule has 4 aliphatic heterocycles. The topological polar surface area (TPSA) is 289 Å². The third kappa shape index (κ3) is 26.3. The normalized spacial score (nSPS) is 15.4. The van der Waals surface area contributed by atoms with E-state index in [2.05, 4.69) is 166 Å². The van der Waals surface area contributed by atoms with Gasteiger partial charge in [-0.15, -0.1) is 0 Å². The van der Waals surface area contributed by atoms with E-state index < -0.39 is 37.3 Å². The number of hydrogen-bond donors (Lipinski definition) is 4. The van der Waals surface area contributed by atoms with Crippen LogP contribution in [0.3, 0.4) is 0 Å². The third-order valence-corrected chi connectivity index (χ3v) is 23.9. The molecule has 0 amide bonds. The van der Waals surface area contributed by atoms with Gasteiger partial charge in [-0.05, 0) is 196 Å². The average molecular weight is 1700 g/mol. The Hall–Kier alpha value is -11.5. The van der Waals surface area contributed by atoms with Crippen molar-refractivity contribution in [2.24, 2.45) is 4.99 Å². The summed E-state index contributed by atoms with van der Waals surface area (Å²) in [5.74, 6) is -1.51. The van der Waals surface area contributed by atoms with Gasteiger partial charge in [-0.25, -0.2) is 0 Å². The molecule has 4 N–H and O–H groups in total. The molecule has 0 spiro atoms. The molecular formula is C99H121N8O15S+3. The van der Waals surface area contributed by atoms with Crippen LogP contribution in [0.15, 0.2) is 240 Å². The number of unbranched alkanes of at least 4 members (excludes halogenated alkanes) is 4. The number of hydrogen-bond acceptors (Lipinski definition) is 15. The number of anilines is 2. The Kier molecular flexibility index (Phi) is 34.5. The van der Waals surface area contributed by atoms with E-state index in [9.17, 15) is 42.8 Å². The van der Waals surface area contributed by atoms with Gasteiger partial charge in [0.1, 0.15) is 19.7 Å². The smallest absolute Gasteiger partial charge is 0.303 e. The van der Waals surface area contributed by atoms with Gasteiger partial charge in [0.2, 0.25) is 17.1 Å². The Morgan fingerprint density at radius 1 is 0.488 bits per heavy atom. The summed E-state index contributed by atoms with van der Waals surface area (Å²) in [5, 5.41) is 42.4. The van der Waals surface area contributed by atoms with Gasteiger partial charge >= 0.3 is 11.9 Å². The van der Waals surface area contributed by atoms with Gasteiger partial charge in [0, 0.05) is 146 Å². The Morgan fingerprint density at radius 3 is 1.47 bits per heavy atom. The molecule has 0 saturated carbocycles. The van der Waals surface area contributed by atoms with Crippen molar-refractivity contribution in [1.82, 2.24) is 0 Å². The number of rotatable bonds is 38. The molecule has 0 unspecified atom stereocenters. The highest BCUT2D eigenvalue weighted by atomic mass is 32.2. The zero-order valence-corrected chi connectivity index (χ0v) is 74.2. The van der Waals surface area contributed by atoms with Crippen molar-refractivity contribution < 1.29 is 75.3 Å². The summed E-state index contributed by atoms with van der Waals surface area (Å²) in [4.78, 5) is 48.7. The molecule has 4 aliphatic rings. The number of aliphatic imine (C=N–C) groups is 1. The van der Waals surface area contributed by atoms with Gasteiger partial charge in [0.15, 0.2) is 23.7 Å². The third-order valence-electron chi connectivity index (χ3n) is 23.0. The monoisotopic (exact) mass is 1690 g/mol. The van der Waals surface area contributed by atoms with E-state index in [4.69, 9.17) is 29.2 Å². The first kappa shape index (κ1) is 95.3. The van der Waals surface area contributed by atoms with Crippen LogP contribution in [0.4, 0.5) is 45.5 Å². The lowest BCUT2D eigenvalue weighted by atomic mass is 9.81. The number of fused-ring (bicyclic) bond motifs is 4. The summed E-state index contributed by atoms with van der Waals surface area (Å²) in [6.45, 7) is 35.1. The van der Waals surface area contributed by atoms with Gasteiger partial charge in [0.05, 0.1) is 82.9 Å². The van der Waals surface area contributed by atoms with Gasteiger partial charge in [0.25, 0.3) is 21.5 Å². The maximum absolute atomic E-state index is 12.0. The molecule has 0 fully saturated rings. The first-order chi connectivity index (χ1) is 58.6. The van der Waals surface area contributed by atoms with Crippen LogP contribution in [0.1, 0.15) is 171 Å². The highest BCUT2D eigenvalue weighted by molar-refractivity contribution is 7.85. The zero-order valence-electron chi connectivity index (χ0n) is 73.4. The molecule has 24 heteroatoms. The number of nitro benzene ring substituents is 2. The quantitative estimate of drug-likeness (QED) is 0.00532. The van der Waals surface area contributed by atoms with E-state index in [0.29, 0.717) is 72.4 Å². The standard InChI is InChI=1S/C43H51N3O9S.C23H29N2O4.C18H25NO2.C15H14N2/c1-31-15-21-37-35(28-31)42(2,3)40(45(37)24-25-54-26-27-55-30-32-16-18-33(19-17-32)46(49)50)13-9-6-8-12-39-43(4,5)36-29-34(56(51,52)53)20-22-38(36)44(39)23-11-7-10-14-41(47)48;1-17-5-10-22-21(15-17)23(3,4)18(2)24(22)11-12-28-13-14-29-16-19-6-8-20(9-7-19)25(26)27;1-13-9-10-16-15(12-13)18(3,4)14(2)19(16)11-7-5-6-8-17(20)21;1-3-8-14(9-4-1)16-12-7-13-17-15-10-5-2-6-11-15/h6,8-9,12-13,15-22,28-29H,7,10-11,14,23-27,30H2,1-5H3,(H-,47,48,51,52,53);5-10,15H,11-14,16H2,1-4H3;9-10,12H,5-8,11H2,1-4H3;1-13,16H/q;+1;;/p+2/b;;;12-7+,17-13?. The Bertz CT molecular complexity index is 5380. The van der Waals surface area contributed by atoms with E-state index in [1.165, 1.54) is 92.6 Å². The molecule has 8 aromatic carbocycles. The first-order valence-electron chi connectivity index (χ1n) is 42.0. The van der Waals surface area contributed by atoms with Gasteiger partial charge in [-0.2, -0.15) is 22.1 Å². The number of aryl methyl sites for hydroxylation is 3. The largest absolute Gasteiger partial charge is 0.481 e. The second kappa shape index (κ2) is 44.5. The van der Waals surface area contributed by atoms with Crippen LogP contribution in [0, 0.1) is 41.0 Å². The summed E-state index contributed by atoms with van der Waals surface area (Å²) in [7, 11) is -4.39. The average Bonchev–Trinajstić information content (AvgIpc) is 1.60. The molecule has 12 rings (SSSR count). The SMILES string of the molecule is C(/C=C/Nc1ccccc1)=Nc1ccccc1.CC1=[N+](CCCCCC(=O)O)c2ccc(C)cc2C1(C)C.CC1=[N+](CCOCCOCc2ccc([N+](=O)[O-])cc2)c2ccc(C)cc2C1(C)C.Cc1ccc2c(c1)C(C)(C)C(=CC=CC=CC1=[N+](CCCCCC(=O)O)c3ccc(S(=O)(=O)O)cc3C1(C)C)N2CCOCCOCc1ccc([N+](=O)[O-])cc1. The molecule has 0 atom stereocenters. The number of carboxylic acid groups (broad SMARTS) is 2. The van der Waals surface area contributed by atoms with E-state index in [1.54, 1.807) is 36.5 Å². The maximum atomic E-state index is 12.0. The first-order valence-corrected chi connectivity index (χ1v) is 43.5. The van der Waals surface area contributed by atoms with Crippen molar-refractivity contribution >= 4 is 90.9 Å². The van der Waals surface area contributed by atoms with Gasteiger partial charge in [-0.1, -0.05) is 109 Å². The van der Waals surface area contributed by atoms with Crippen LogP contribution in [-0.4, -0.2) is 148 Å². The van der Waals surface area contributed by atoms with Crippen molar-refractivity contribution in [1.29, 1.82) is 0 Å². The molecule has 4 heterocycles. The van der Waals surface area contributed by atoms with Crippen molar-refractivity contribution in [3.8, 4) is 0 Å². The molecule has 0 radical (unpaired) electrons. The number of nitrogens with zero attached hydrogens (tertiary/aromatic N) is 7. The molecular weight excluding hydrogens is 1570 g/mol. The van der Waals surface area contributed by atoms with Crippen LogP contribution in [0.5, 0.6) is 0 Å². The van der Waals surface area contributed by atoms with Crippen LogP contribution >= 0.6 is 0 Å². The minimum Gasteiger partial charge on any atom is -0.481 e. The Balaban J connectivity index is 0.000000211. The highest BCUT2D eigenvalue weighted by Crippen LogP contribution is 2.49. The predicted octanol–water partition coefficient (Wildman–Crippen LogP) is 20.8. The fraction of sp³-hybridized carbons (Fsp3) is 0.374. The molecule has 0 aromatic heterocycles. The second-order valence-electron chi connectivity index (χ2n) is 33.2. The molecule has 123 heavy (non-hydrogen) atoms. The second-order valence-corrected chi connectivity index (χ2v) is 34.7. The number of carbonyl (C=O) groups is 2. The summed E-state index contributed by atoms with van der Waals surface area (Å²) < 4.78 is 63.8. The van der Waals surface area contributed by atoms with Crippen molar-refractivity contribution in [2.45, 2.75) is 181 Å². The fourth-order valence-electron chi connectivity index (χ4n) is 15.6. The highest BCUT2D eigenvalue weighted by Gasteiger charge is 2.47. The number of benzene rings is 8. The number of nitrogens with one attached hydrogen (secondary N) is 1. The van der Waals surface area contributed by atoms with Crippen molar-refractivity contribution in [2.75, 3.05) is 76.0 Å². The fourth-order valence-corrected chi connectivity index (χ4v) is 16.1. The van der Waals surface area contributed by atoms with Crippen LogP contribution in [0.2, 0.25) is 0 Å². The summed E-state index contributed by atoms with van der Waals surface area (Å²) in [6.07, 6.45) is 20.9. The number of para-hydroxylation sites is 2. The summed E-state index contributed by atoms with van der Waals surface area (Å²) >= 11 is 0. The predicted molar refractivity (Wildman–Crippen MR) is 489 cm³/mol. The van der Waals surface area contributed by atoms with E-state index in [1.807, 2.05) is 111 Å². The molecule has 23 nitrogen and oxygen atoms in total. The summed E-state index contributed by atoms with van der Waals surface area (Å²) in [5.41, 5.74) is 21.2. The molecule has 650 valence electrons. The van der Waals surface area contributed by atoms with Gasteiger partial charge < -0.3 is 39.4 Å². The van der Waals surface area contributed by atoms with E-state index in [-0.39, 0.29) is 45.4 Å².